The molecule has 18 heavy (non-hydrogen) atoms. The predicted molar refractivity (Wildman–Crippen MR) is 76.9 cm³/mol. The lowest BCUT2D eigenvalue weighted by Crippen LogP contribution is -2.02. The molecule has 2 N–H and O–H groups in total. The van der Waals surface area contributed by atoms with Gasteiger partial charge in [0.05, 0.1) is 16.8 Å². The summed E-state index contributed by atoms with van der Waals surface area (Å²) in [7, 11) is 0. The highest BCUT2D eigenvalue weighted by atomic mass is 35.5. The van der Waals surface area contributed by atoms with Gasteiger partial charge >= 0.3 is 4.87 Å². The average molecular weight is 298 g/mol. The van der Waals surface area contributed by atoms with Gasteiger partial charge in [-0.25, -0.2) is 4.98 Å². The summed E-state index contributed by atoms with van der Waals surface area (Å²) in [6, 6.07) is 5.64. The molecule has 0 aliphatic heterocycles. The third-order valence-corrected chi connectivity index (χ3v) is 4.30. The highest BCUT2D eigenvalue weighted by Crippen LogP contribution is 2.28. The minimum Gasteiger partial charge on any atom is -0.356 e. The summed E-state index contributed by atoms with van der Waals surface area (Å²) in [5, 5.41) is 6.49. The lowest BCUT2D eigenvalue weighted by Gasteiger charge is -1.97. The molecule has 0 radical (unpaired) electrons. The molecule has 0 aliphatic carbocycles. The van der Waals surface area contributed by atoms with Gasteiger partial charge in [-0.05, 0) is 18.2 Å². The molecular weight excluding hydrogens is 290 g/mol. The third-order valence-electron chi connectivity index (χ3n) is 2.35. The number of aromatic amines is 1. The Morgan fingerprint density at radius 1 is 1.44 bits per heavy atom. The van der Waals surface area contributed by atoms with Crippen LogP contribution < -0.4 is 10.2 Å². The number of rotatable bonds is 3. The Hall–Kier alpha value is -1.37. The van der Waals surface area contributed by atoms with Crippen LogP contribution in [0.4, 0.5) is 5.13 Å². The molecule has 0 bridgehead atoms. The van der Waals surface area contributed by atoms with Gasteiger partial charge in [0, 0.05) is 16.1 Å². The maximum Gasteiger partial charge on any atom is 0.304 e. The monoisotopic (exact) mass is 297 g/mol. The van der Waals surface area contributed by atoms with Crippen molar-refractivity contribution in [2.24, 2.45) is 0 Å². The van der Waals surface area contributed by atoms with Crippen molar-refractivity contribution in [1.29, 1.82) is 0 Å². The molecule has 0 saturated carbocycles. The minimum atomic E-state index is -0.0390. The second-order valence-corrected chi connectivity index (χ2v) is 5.97. The minimum absolute atomic E-state index is 0.0390. The number of thiazole rings is 2. The summed E-state index contributed by atoms with van der Waals surface area (Å²) in [6.07, 6.45) is 0. The van der Waals surface area contributed by atoms with Gasteiger partial charge in [0.15, 0.2) is 5.13 Å². The molecule has 0 atom stereocenters. The van der Waals surface area contributed by atoms with Crippen LogP contribution >= 0.6 is 34.3 Å². The first kappa shape index (κ1) is 11.7. The number of hydrogen-bond acceptors (Lipinski definition) is 5. The molecule has 92 valence electrons. The largest absolute Gasteiger partial charge is 0.356 e. The molecule has 2 aromatic heterocycles. The van der Waals surface area contributed by atoms with Crippen LogP contribution in [0.25, 0.3) is 10.2 Å². The van der Waals surface area contributed by atoms with Crippen molar-refractivity contribution >= 4 is 49.6 Å². The number of nitrogens with zero attached hydrogens (tertiary/aromatic N) is 1. The number of nitrogens with one attached hydrogen (secondary N) is 2. The molecule has 0 saturated heterocycles. The van der Waals surface area contributed by atoms with E-state index in [1.807, 2.05) is 18.2 Å². The molecule has 0 aliphatic rings. The van der Waals surface area contributed by atoms with Crippen molar-refractivity contribution in [3.05, 3.63) is 44.0 Å². The lowest BCUT2D eigenvalue weighted by molar-refractivity contribution is 1.05. The first-order chi connectivity index (χ1) is 8.70. The summed E-state index contributed by atoms with van der Waals surface area (Å²) >= 11 is 8.63. The Morgan fingerprint density at radius 2 is 2.33 bits per heavy atom. The van der Waals surface area contributed by atoms with E-state index >= 15 is 0 Å². The Morgan fingerprint density at radius 3 is 3.11 bits per heavy atom. The zero-order valence-corrected chi connectivity index (χ0v) is 11.5. The van der Waals surface area contributed by atoms with Crippen LogP contribution in [0.3, 0.4) is 0 Å². The van der Waals surface area contributed by atoms with E-state index < -0.39 is 0 Å². The summed E-state index contributed by atoms with van der Waals surface area (Å²) in [5.41, 5.74) is 1.75. The molecule has 4 nitrogen and oxygen atoms in total. The number of benzene rings is 1. The van der Waals surface area contributed by atoms with Crippen LogP contribution in [0.5, 0.6) is 0 Å². The van der Waals surface area contributed by atoms with Gasteiger partial charge in [-0.1, -0.05) is 34.3 Å². The zero-order chi connectivity index (χ0) is 12.5. The van der Waals surface area contributed by atoms with Crippen LogP contribution in [0.15, 0.2) is 28.4 Å². The standard InChI is InChI=1S/C11H8ClN3OS2/c12-6-1-2-9-8(3-6)15-10(18-9)13-4-7-5-17-11(16)14-7/h1-3,5H,4H2,(H,13,15)(H,14,16). The Bertz CT molecular complexity index is 746. The smallest absolute Gasteiger partial charge is 0.304 e. The molecule has 3 rings (SSSR count). The van der Waals surface area contributed by atoms with Crippen molar-refractivity contribution in [1.82, 2.24) is 9.97 Å². The Balaban J connectivity index is 1.80. The lowest BCUT2D eigenvalue weighted by atomic mass is 10.3. The summed E-state index contributed by atoms with van der Waals surface area (Å²) in [6.45, 7) is 0.562. The number of hydrogen-bond donors (Lipinski definition) is 2. The molecule has 2 heterocycles. The van der Waals surface area contributed by atoms with Gasteiger partial charge in [-0.15, -0.1) is 0 Å². The summed E-state index contributed by atoms with van der Waals surface area (Å²) in [4.78, 5) is 18.1. The zero-order valence-electron chi connectivity index (χ0n) is 9.07. The molecule has 1 aromatic carbocycles. The van der Waals surface area contributed by atoms with Gasteiger partial charge in [-0.3, -0.25) is 4.79 Å². The first-order valence-corrected chi connectivity index (χ1v) is 7.25. The van der Waals surface area contributed by atoms with E-state index in [4.69, 9.17) is 11.6 Å². The number of fused-ring (bicyclic) bond motifs is 1. The third kappa shape index (κ3) is 2.40. The maximum atomic E-state index is 11.0. The number of anilines is 1. The summed E-state index contributed by atoms with van der Waals surface area (Å²) in [5.74, 6) is 0. The van der Waals surface area contributed by atoms with Crippen molar-refractivity contribution in [2.45, 2.75) is 6.54 Å². The molecule has 0 spiro atoms. The van der Waals surface area contributed by atoms with Crippen LogP contribution in [0, 0.1) is 0 Å². The van der Waals surface area contributed by atoms with Crippen molar-refractivity contribution in [3.8, 4) is 0 Å². The van der Waals surface area contributed by atoms with Gasteiger partial charge in [0.2, 0.25) is 0 Å². The highest BCUT2D eigenvalue weighted by molar-refractivity contribution is 7.22. The quantitative estimate of drug-likeness (QED) is 0.780. The molecule has 0 fully saturated rings. The van der Waals surface area contributed by atoms with Gasteiger partial charge < -0.3 is 10.3 Å². The molecule has 0 unspecified atom stereocenters. The second-order valence-electron chi connectivity index (χ2n) is 3.66. The van der Waals surface area contributed by atoms with Gasteiger partial charge in [0.1, 0.15) is 0 Å². The van der Waals surface area contributed by atoms with Crippen LogP contribution in [-0.4, -0.2) is 9.97 Å². The number of H-pyrrole nitrogens is 1. The van der Waals surface area contributed by atoms with E-state index in [2.05, 4.69) is 15.3 Å². The van der Waals surface area contributed by atoms with Crippen molar-refractivity contribution in [3.63, 3.8) is 0 Å². The second kappa shape index (κ2) is 4.72. The van der Waals surface area contributed by atoms with E-state index in [1.54, 1.807) is 16.7 Å². The first-order valence-electron chi connectivity index (χ1n) is 5.17. The van der Waals surface area contributed by atoms with Crippen LogP contribution in [0.1, 0.15) is 5.69 Å². The van der Waals surface area contributed by atoms with Gasteiger partial charge in [0.25, 0.3) is 0 Å². The van der Waals surface area contributed by atoms with Crippen molar-refractivity contribution < 1.29 is 0 Å². The number of aromatic nitrogens is 2. The fraction of sp³-hybridized carbons (Fsp3) is 0.0909. The molecule has 3 aromatic rings. The van der Waals surface area contributed by atoms with Crippen molar-refractivity contribution in [2.75, 3.05) is 5.32 Å². The normalized spacial score (nSPS) is 10.9. The fourth-order valence-electron chi connectivity index (χ4n) is 1.55. The average Bonchev–Trinajstić information content (AvgIpc) is 2.92. The SMILES string of the molecule is O=c1[nH]c(CNc2nc3cc(Cl)ccc3s2)cs1. The molecule has 7 heteroatoms. The Kier molecular flexibility index (Phi) is 3.07. The number of halogens is 1. The van der Waals surface area contributed by atoms with E-state index in [0.29, 0.717) is 11.6 Å². The van der Waals surface area contributed by atoms with Crippen LogP contribution in [0.2, 0.25) is 5.02 Å². The van der Waals surface area contributed by atoms with E-state index in [9.17, 15) is 4.79 Å². The van der Waals surface area contributed by atoms with Crippen LogP contribution in [-0.2, 0) is 6.54 Å². The summed E-state index contributed by atoms with van der Waals surface area (Å²) < 4.78 is 1.08. The van der Waals surface area contributed by atoms with E-state index in [0.717, 1.165) is 32.4 Å². The fourth-order valence-corrected chi connectivity index (χ4v) is 3.14. The van der Waals surface area contributed by atoms with E-state index in [1.165, 1.54) is 0 Å². The molecule has 0 amide bonds. The predicted octanol–water partition coefficient (Wildman–Crippen LogP) is 3.31. The maximum absolute atomic E-state index is 11.0. The van der Waals surface area contributed by atoms with Gasteiger partial charge in [-0.2, -0.15) is 0 Å². The highest BCUT2D eigenvalue weighted by Gasteiger charge is 2.04. The van der Waals surface area contributed by atoms with E-state index in [-0.39, 0.29) is 4.87 Å². The topological polar surface area (TPSA) is 57.8 Å². The molecular formula is C11H8ClN3OS2. The Labute approximate surface area is 115 Å².